The predicted octanol–water partition coefficient (Wildman–Crippen LogP) is 5.21. The van der Waals surface area contributed by atoms with E-state index in [0.717, 1.165) is 34.9 Å². The number of aryl methyl sites for hydroxylation is 2. The van der Waals surface area contributed by atoms with Gasteiger partial charge in [-0.05, 0) is 50.7 Å². The van der Waals surface area contributed by atoms with Gasteiger partial charge in [-0.2, -0.15) is 10.2 Å². The van der Waals surface area contributed by atoms with Crippen molar-refractivity contribution in [1.29, 1.82) is 0 Å². The van der Waals surface area contributed by atoms with Crippen molar-refractivity contribution >= 4 is 57.8 Å². The van der Waals surface area contributed by atoms with Crippen LogP contribution in [0.5, 0.6) is 0 Å². The van der Waals surface area contributed by atoms with E-state index in [9.17, 15) is 0 Å². The van der Waals surface area contributed by atoms with Crippen LogP contribution in [0.15, 0.2) is 24.4 Å². The van der Waals surface area contributed by atoms with E-state index < -0.39 is 0 Å². The molecule has 3 rings (SSSR count). The summed E-state index contributed by atoms with van der Waals surface area (Å²) >= 11 is 23.9. The van der Waals surface area contributed by atoms with E-state index in [0.29, 0.717) is 33.3 Å². The van der Waals surface area contributed by atoms with E-state index in [1.54, 1.807) is 16.9 Å². The van der Waals surface area contributed by atoms with E-state index in [1.807, 2.05) is 37.6 Å². The van der Waals surface area contributed by atoms with Crippen molar-refractivity contribution in [1.82, 2.24) is 24.9 Å². The predicted molar refractivity (Wildman–Crippen MR) is 123 cm³/mol. The highest BCUT2D eigenvalue weighted by Crippen LogP contribution is 2.25. The smallest absolute Gasteiger partial charge is 0.171 e. The van der Waals surface area contributed by atoms with Crippen LogP contribution in [0.1, 0.15) is 29.6 Å². The molecule has 0 bridgehead atoms. The number of aromatic nitrogens is 4. The number of benzene rings is 1. The Morgan fingerprint density at radius 2 is 1.90 bits per heavy atom. The normalized spacial score (nSPS) is 11.0. The van der Waals surface area contributed by atoms with Gasteiger partial charge in [-0.15, -0.1) is 0 Å². The molecule has 0 saturated carbocycles. The number of nitrogens with one attached hydrogen (secondary N) is 2. The van der Waals surface area contributed by atoms with Gasteiger partial charge in [0.25, 0.3) is 0 Å². The van der Waals surface area contributed by atoms with E-state index in [4.69, 9.17) is 47.0 Å². The van der Waals surface area contributed by atoms with Crippen LogP contribution in [0, 0.1) is 13.8 Å². The number of anilines is 1. The molecule has 0 aliphatic heterocycles. The molecule has 29 heavy (non-hydrogen) atoms. The molecule has 6 nitrogen and oxygen atoms in total. The summed E-state index contributed by atoms with van der Waals surface area (Å²) in [4.78, 5) is 0. The lowest BCUT2D eigenvalue weighted by Crippen LogP contribution is -2.28. The second-order valence-electron chi connectivity index (χ2n) is 6.53. The zero-order chi connectivity index (χ0) is 21.1. The summed E-state index contributed by atoms with van der Waals surface area (Å²) in [6.07, 6.45) is 1.80. The van der Waals surface area contributed by atoms with Gasteiger partial charge in [0.2, 0.25) is 0 Å². The maximum atomic E-state index is 6.30. The van der Waals surface area contributed by atoms with Crippen molar-refractivity contribution in [3.8, 4) is 0 Å². The molecule has 0 saturated heterocycles. The fourth-order valence-corrected chi connectivity index (χ4v) is 3.74. The summed E-state index contributed by atoms with van der Waals surface area (Å²) in [7, 11) is 0. The fourth-order valence-electron chi connectivity index (χ4n) is 2.88. The van der Waals surface area contributed by atoms with Crippen molar-refractivity contribution in [3.63, 3.8) is 0 Å². The summed E-state index contributed by atoms with van der Waals surface area (Å²) < 4.78 is 3.67. The molecule has 0 unspecified atom stereocenters. The lowest BCUT2D eigenvalue weighted by molar-refractivity contribution is 0.643. The van der Waals surface area contributed by atoms with Crippen LogP contribution < -0.4 is 10.6 Å². The SMILES string of the molecule is CCn1cc(Cl)c(CNC(=S)Nc2c(C)nn(Cc3ccc(Cl)cc3Cl)c2C)n1. The molecule has 0 fully saturated rings. The average Bonchev–Trinajstić information content (AvgIpc) is 3.16. The number of hydrogen-bond donors (Lipinski definition) is 2. The number of rotatable bonds is 6. The molecule has 0 spiro atoms. The molecule has 0 amide bonds. The quantitative estimate of drug-likeness (QED) is 0.483. The van der Waals surface area contributed by atoms with Crippen LogP contribution in [0.25, 0.3) is 0 Å². The molecule has 2 aromatic heterocycles. The average molecular weight is 472 g/mol. The van der Waals surface area contributed by atoms with Crippen LogP contribution in [0.3, 0.4) is 0 Å². The third-order valence-electron chi connectivity index (χ3n) is 4.48. The third kappa shape index (κ3) is 5.22. The zero-order valence-corrected chi connectivity index (χ0v) is 19.3. The van der Waals surface area contributed by atoms with Gasteiger partial charge >= 0.3 is 0 Å². The number of halogens is 3. The van der Waals surface area contributed by atoms with E-state index in [1.165, 1.54) is 0 Å². The second-order valence-corrected chi connectivity index (χ2v) is 8.19. The molecule has 2 heterocycles. The second kappa shape index (κ2) is 9.34. The highest BCUT2D eigenvalue weighted by Gasteiger charge is 2.15. The molecule has 1 aromatic carbocycles. The molecule has 3 aromatic rings. The highest BCUT2D eigenvalue weighted by molar-refractivity contribution is 7.80. The standard InChI is InChI=1S/C19H21Cl3N6S/c1-4-27-10-16(22)17(26-27)8-23-19(29)24-18-11(2)25-28(12(18)3)9-13-5-6-14(20)7-15(13)21/h5-7,10H,4,8-9H2,1-3H3,(H2,23,24,29). The Hall–Kier alpha value is -1.80. The lowest BCUT2D eigenvalue weighted by Gasteiger charge is -2.11. The monoisotopic (exact) mass is 470 g/mol. The van der Waals surface area contributed by atoms with Crippen molar-refractivity contribution in [2.45, 2.75) is 40.4 Å². The minimum Gasteiger partial charge on any atom is -0.357 e. The largest absolute Gasteiger partial charge is 0.357 e. The zero-order valence-electron chi connectivity index (χ0n) is 16.3. The topological polar surface area (TPSA) is 59.7 Å². The van der Waals surface area contributed by atoms with Crippen molar-refractivity contribution in [2.24, 2.45) is 0 Å². The molecule has 154 valence electrons. The molecule has 0 aliphatic rings. The van der Waals surface area contributed by atoms with Gasteiger partial charge in [-0.3, -0.25) is 9.36 Å². The van der Waals surface area contributed by atoms with Gasteiger partial charge in [-0.1, -0.05) is 40.9 Å². The number of nitrogens with zero attached hydrogens (tertiary/aromatic N) is 4. The van der Waals surface area contributed by atoms with Gasteiger partial charge in [0.05, 0.1) is 35.2 Å². The maximum absolute atomic E-state index is 6.30. The van der Waals surface area contributed by atoms with Gasteiger partial charge < -0.3 is 10.6 Å². The Balaban J connectivity index is 1.67. The van der Waals surface area contributed by atoms with Crippen LogP contribution in [-0.4, -0.2) is 24.7 Å². The Morgan fingerprint density at radius 3 is 2.55 bits per heavy atom. The van der Waals surface area contributed by atoms with Gasteiger partial charge in [0.15, 0.2) is 5.11 Å². The lowest BCUT2D eigenvalue weighted by atomic mass is 10.2. The molecular weight excluding hydrogens is 451 g/mol. The van der Waals surface area contributed by atoms with Crippen LogP contribution in [-0.2, 0) is 19.6 Å². The first-order valence-corrected chi connectivity index (χ1v) is 10.6. The van der Waals surface area contributed by atoms with Crippen LogP contribution in [0.4, 0.5) is 5.69 Å². The molecular formula is C19H21Cl3N6S. The van der Waals surface area contributed by atoms with Gasteiger partial charge in [0.1, 0.15) is 5.69 Å². The van der Waals surface area contributed by atoms with Gasteiger partial charge in [-0.25, -0.2) is 0 Å². The number of thiocarbonyl (C=S) groups is 1. The fraction of sp³-hybridized carbons (Fsp3) is 0.316. The van der Waals surface area contributed by atoms with E-state index in [2.05, 4.69) is 20.8 Å². The van der Waals surface area contributed by atoms with Crippen LogP contribution in [0.2, 0.25) is 15.1 Å². The molecule has 0 radical (unpaired) electrons. The molecule has 0 aliphatic carbocycles. The summed E-state index contributed by atoms with van der Waals surface area (Å²) in [6.45, 7) is 7.65. The summed E-state index contributed by atoms with van der Waals surface area (Å²) in [5.74, 6) is 0. The first-order chi connectivity index (χ1) is 13.8. The summed E-state index contributed by atoms with van der Waals surface area (Å²) in [5.41, 5.74) is 4.34. The minimum absolute atomic E-state index is 0.435. The van der Waals surface area contributed by atoms with Crippen molar-refractivity contribution in [3.05, 3.63) is 62.1 Å². The molecule has 10 heteroatoms. The maximum Gasteiger partial charge on any atom is 0.171 e. The first kappa shape index (κ1) is 21.9. The Kier molecular flexibility index (Phi) is 7.05. The Bertz CT molecular complexity index is 1040. The summed E-state index contributed by atoms with van der Waals surface area (Å²) in [6, 6.07) is 5.45. The van der Waals surface area contributed by atoms with E-state index in [-0.39, 0.29) is 0 Å². The van der Waals surface area contributed by atoms with Crippen molar-refractivity contribution < 1.29 is 0 Å². The minimum atomic E-state index is 0.435. The van der Waals surface area contributed by atoms with Crippen molar-refractivity contribution in [2.75, 3.05) is 5.32 Å². The first-order valence-electron chi connectivity index (χ1n) is 9.03. The Morgan fingerprint density at radius 1 is 1.14 bits per heavy atom. The number of hydrogen-bond acceptors (Lipinski definition) is 3. The van der Waals surface area contributed by atoms with E-state index >= 15 is 0 Å². The Labute approximate surface area is 190 Å². The van der Waals surface area contributed by atoms with Crippen LogP contribution >= 0.6 is 47.0 Å². The van der Waals surface area contributed by atoms with Gasteiger partial charge in [0, 0.05) is 22.8 Å². The molecule has 2 N–H and O–H groups in total. The molecule has 0 atom stereocenters. The highest BCUT2D eigenvalue weighted by atomic mass is 35.5. The third-order valence-corrected chi connectivity index (χ3v) is 5.63. The summed E-state index contributed by atoms with van der Waals surface area (Å²) in [5, 5.41) is 17.7.